The van der Waals surface area contributed by atoms with Crippen LogP contribution >= 0.6 is 0 Å². The van der Waals surface area contributed by atoms with Crippen LogP contribution in [0, 0.1) is 11.3 Å². The van der Waals surface area contributed by atoms with Gasteiger partial charge in [0.25, 0.3) is 5.91 Å². The molecule has 3 rings (SSSR count). The summed E-state index contributed by atoms with van der Waals surface area (Å²) in [6.45, 7) is 11.7. The van der Waals surface area contributed by atoms with Crippen molar-refractivity contribution in [3.63, 3.8) is 0 Å². The molecule has 0 aromatic heterocycles. The monoisotopic (exact) mass is 429 g/mol. The molecule has 0 spiro atoms. The van der Waals surface area contributed by atoms with Crippen molar-refractivity contribution in [2.75, 3.05) is 20.5 Å². The Morgan fingerprint density at radius 2 is 2.07 bits per heavy atom. The van der Waals surface area contributed by atoms with Gasteiger partial charge in [0, 0.05) is 19.4 Å². The number of carbonyl (C=O) groups is 1. The van der Waals surface area contributed by atoms with Gasteiger partial charge < -0.3 is 39.2 Å². The molecule has 0 aliphatic carbocycles. The third kappa shape index (κ3) is 4.29. The van der Waals surface area contributed by atoms with E-state index in [1.54, 1.807) is 0 Å². The summed E-state index contributed by atoms with van der Waals surface area (Å²) in [5.74, 6) is -2.15. The third-order valence-electron chi connectivity index (χ3n) is 6.78. The molecule has 3 fully saturated rings. The molecular weight excluding hydrogens is 394 g/mol. The standard InChI is InChI=1S/C21H35NO8/c1-11-7-21(26-6,30-13(3)12(11)2)17(24)18(25)22-19-16-14(27-10-28-19)8-20(4,5)15(9-23)29-16/h12-17,19,23-24H,1,7-10H2,2-6H3,(H,22,25)/t12-,13-,14-,15-,16+,17-,19+,21-/m1/s1. The van der Waals surface area contributed by atoms with Gasteiger partial charge in [0.1, 0.15) is 12.9 Å². The molecule has 0 aromatic carbocycles. The minimum Gasteiger partial charge on any atom is -0.394 e. The van der Waals surface area contributed by atoms with Crippen molar-refractivity contribution in [2.24, 2.45) is 11.3 Å². The molecule has 3 N–H and O–H groups in total. The van der Waals surface area contributed by atoms with E-state index < -0.39 is 36.2 Å². The molecule has 3 aliphatic heterocycles. The summed E-state index contributed by atoms with van der Waals surface area (Å²) in [5.41, 5.74) is 0.554. The molecule has 0 radical (unpaired) electrons. The molecule has 0 bridgehead atoms. The lowest BCUT2D eigenvalue weighted by molar-refractivity contribution is -0.306. The lowest BCUT2D eigenvalue weighted by Gasteiger charge is -2.50. The summed E-state index contributed by atoms with van der Waals surface area (Å²) in [5, 5.41) is 23.3. The van der Waals surface area contributed by atoms with Crippen molar-refractivity contribution in [2.45, 2.75) is 83.1 Å². The van der Waals surface area contributed by atoms with Crippen LogP contribution in [-0.4, -0.2) is 79.2 Å². The highest BCUT2D eigenvalue weighted by molar-refractivity contribution is 5.82. The van der Waals surface area contributed by atoms with Crippen LogP contribution in [0.2, 0.25) is 0 Å². The van der Waals surface area contributed by atoms with E-state index in [0.717, 1.165) is 5.57 Å². The molecule has 0 aromatic rings. The zero-order chi connectivity index (χ0) is 22.3. The number of amides is 1. The highest BCUT2D eigenvalue weighted by Crippen LogP contribution is 2.41. The molecule has 3 heterocycles. The van der Waals surface area contributed by atoms with Gasteiger partial charge >= 0.3 is 0 Å². The minimum absolute atomic E-state index is 0.0112. The van der Waals surface area contributed by atoms with Gasteiger partial charge in [-0.1, -0.05) is 32.9 Å². The number of hydrogen-bond acceptors (Lipinski definition) is 8. The molecule has 1 amide bonds. The average Bonchev–Trinajstić information content (AvgIpc) is 2.70. The smallest absolute Gasteiger partial charge is 0.256 e. The van der Waals surface area contributed by atoms with Crippen LogP contribution in [0.4, 0.5) is 0 Å². The predicted octanol–water partition coefficient (Wildman–Crippen LogP) is 0.682. The van der Waals surface area contributed by atoms with E-state index in [2.05, 4.69) is 11.9 Å². The van der Waals surface area contributed by atoms with E-state index in [-0.39, 0.29) is 43.4 Å². The van der Waals surface area contributed by atoms with Crippen LogP contribution in [0.5, 0.6) is 0 Å². The molecule has 0 unspecified atom stereocenters. The summed E-state index contributed by atoms with van der Waals surface area (Å²) in [6, 6.07) is 0. The normalized spacial score (nSPS) is 42.3. The van der Waals surface area contributed by atoms with Gasteiger partial charge in [-0.2, -0.15) is 0 Å². The number of fused-ring (bicyclic) bond motifs is 1. The van der Waals surface area contributed by atoms with E-state index in [0.29, 0.717) is 6.42 Å². The SMILES string of the molecule is C=C1C[C@](OC)([C@H](O)C(=O)N[C@H]2OCO[C@@H]3CC(C)(C)[C@@H](CO)O[C@@H]32)O[C@H](C)[C@@H]1C. The Morgan fingerprint density at radius 3 is 2.67 bits per heavy atom. The number of aliphatic hydroxyl groups is 2. The first-order valence-electron chi connectivity index (χ1n) is 10.4. The zero-order valence-corrected chi connectivity index (χ0v) is 18.4. The number of rotatable bonds is 5. The van der Waals surface area contributed by atoms with E-state index in [9.17, 15) is 15.0 Å². The number of ether oxygens (including phenoxy) is 5. The van der Waals surface area contributed by atoms with Crippen molar-refractivity contribution in [1.29, 1.82) is 0 Å². The summed E-state index contributed by atoms with van der Waals surface area (Å²) < 4.78 is 28.7. The number of methoxy groups -OCH3 is 1. The fraction of sp³-hybridized carbons (Fsp3) is 0.857. The Bertz CT molecular complexity index is 655. The quantitative estimate of drug-likeness (QED) is 0.547. The van der Waals surface area contributed by atoms with Gasteiger partial charge in [-0.25, -0.2) is 0 Å². The van der Waals surface area contributed by atoms with Gasteiger partial charge in [0.2, 0.25) is 5.79 Å². The van der Waals surface area contributed by atoms with Crippen LogP contribution < -0.4 is 5.32 Å². The van der Waals surface area contributed by atoms with Crippen molar-refractivity contribution in [1.82, 2.24) is 5.32 Å². The summed E-state index contributed by atoms with van der Waals surface area (Å²) >= 11 is 0. The van der Waals surface area contributed by atoms with Crippen molar-refractivity contribution in [3.8, 4) is 0 Å². The Morgan fingerprint density at radius 1 is 1.37 bits per heavy atom. The van der Waals surface area contributed by atoms with Crippen LogP contribution in [-0.2, 0) is 28.5 Å². The molecule has 0 saturated carbocycles. The van der Waals surface area contributed by atoms with Crippen LogP contribution in [0.1, 0.15) is 40.5 Å². The maximum Gasteiger partial charge on any atom is 0.256 e. The van der Waals surface area contributed by atoms with Crippen molar-refractivity contribution >= 4 is 5.91 Å². The molecule has 8 atom stereocenters. The van der Waals surface area contributed by atoms with Gasteiger partial charge in [-0.3, -0.25) is 4.79 Å². The van der Waals surface area contributed by atoms with Gasteiger partial charge in [0.15, 0.2) is 12.3 Å². The Kier molecular flexibility index (Phi) is 6.93. The summed E-state index contributed by atoms with van der Waals surface area (Å²) in [4.78, 5) is 12.9. The predicted molar refractivity (Wildman–Crippen MR) is 106 cm³/mol. The van der Waals surface area contributed by atoms with Crippen LogP contribution in [0.25, 0.3) is 0 Å². The second kappa shape index (κ2) is 8.82. The van der Waals surface area contributed by atoms with Gasteiger partial charge in [-0.05, 0) is 18.8 Å². The largest absolute Gasteiger partial charge is 0.394 e. The fourth-order valence-electron chi connectivity index (χ4n) is 4.44. The highest BCUT2D eigenvalue weighted by atomic mass is 16.7. The number of carbonyl (C=O) groups excluding carboxylic acids is 1. The number of aliphatic hydroxyl groups excluding tert-OH is 2. The second-order valence-electron chi connectivity index (χ2n) is 9.25. The zero-order valence-electron chi connectivity index (χ0n) is 18.4. The lowest BCUT2D eigenvalue weighted by Crippen LogP contribution is -2.65. The average molecular weight is 430 g/mol. The first kappa shape index (κ1) is 23.6. The maximum atomic E-state index is 12.9. The molecule has 172 valence electrons. The first-order valence-corrected chi connectivity index (χ1v) is 10.4. The van der Waals surface area contributed by atoms with Crippen molar-refractivity contribution in [3.05, 3.63) is 12.2 Å². The molecule has 9 heteroatoms. The molecule has 30 heavy (non-hydrogen) atoms. The van der Waals surface area contributed by atoms with Crippen molar-refractivity contribution < 1.29 is 38.7 Å². The second-order valence-corrected chi connectivity index (χ2v) is 9.25. The highest BCUT2D eigenvalue weighted by Gasteiger charge is 2.52. The van der Waals surface area contributed by atoms with E-state index >= 15 is 0 Å². The van der Waals surface area contributed by atoms with Crippen LogP contribution in [0.15, 0.2) is 12.2 Å². The molecular formula is C21H35NO8. The van der Waals surface area contributed by atoms with Gasteiger partial charge in [-0.15, -0.1) is 0 Å². The molecule has 9 nitrogen and oxygen atoms in total. The van der Waals surface area contributed by atoms with E-state index in [1.807, 2.05) is 27.7 Å². The fourth-order valence-corrected chi connectivity index (χ4v) is 4.44. The Balaban J connectivity index is 1.72. The van der Waals surface area contributed by atoms with Gasteiger partial charge in [0.05, 0.1) is 24.9 Å². The molecule has 3 saturated heterocycles. The topological polar surface area (TPSA) is 116 Å². The van der Waals surface area contributed by atoms with E-state index in [1.165, 1.54) is 7.11 Å². The Labute approximate surface area is 177 Å². The molecule has 3 aliphatic rings. The summed E-state index contributed by atoms with van der Waals surface area (Å²) in [6.07, 6.45) is -3.22. The third-order valence-corrected chi connectivity index (χ3v) is 6.78. The lowest BCUT2D eigenvalue weighted by atomic mass is 9.77. The summed E-state index contributed by atoms with van der Waals surface area (Å²) in [7, 11) is 1.39. The minimum atomic E-state index is -1.60. The first-order chi connectivity index (χ1) is 14.0. The van der Waals surface area contributed by atoms with Crippen LogP contribution in [0.3, 0.4) is 0 Å². The number of nitrogens with one attached hydrogen (secondary N) is 1. The Hall–Kier alpha value is -1.07. The maximum absolute atomic E-state index is 12.9. The van der Waals surface area contributed by atoms with E-state index in [4.69, 9.17) is 23.7 Å². The number of hydrogen-bond donors (Lipinski definition) is 3.